The average molecular weight is 664 g/mol. The van der Waals surface area contributed by atoms with E-state index < -0.39 is 29.6 Å². The molecular formula is C35H42FN5O7. The summed E-state index contributed by atoms with van der Waals surface area (Å²) in [5.41, 5.74) is 3.00. The van der Waals surface area contributed by atoms with Crippen LogP contribution in [0.1, 0.15) is 102 Å². The summed E-state index contributed by atoms with van der Waals surface area (Å²) in [6.07, 6.45) is 9.08. The molecule has 2 aliphatic heterocycles. The molecule has 256 valence electrons. The highest BCUT2D eigenvalue weighted by Crippen LogP contribution is 2.39. The second-order valence-corrected chi connectivity index (χ2v) is 11.9. The Labute approximate surface area is 278 Å². The normalized spacial score (nSPS) is 15.2. The van der Waals surface area contributed by atoms with Gasteiger partial charge in [0.25, 0.3) is 11.8 Å². The zero-order valence-corrected chi connectivity index (χ0v) is 27.3. The number of carboxylic acids is 2. The van der Waals surface area contributed by atoms with Crippen LogP contribution < -0.4 is 10.6 Å². The Kier molecular flexibility index (Phi) is 12.7. The standard InChI is InChI=1S/C31H38FN5O3.C4H4O4/c1-3-4-5-6-7-8-9-10-26(38)37-25-19-21(32)11-12-22(25)29(35-37)23-13-14-24-28(31(40)34-30(24)39)27(23)20(2)36-17-15-33-16-18-36;5-3(6)1-2-4(7)8/h11-14,19-20,33H,3-10,15-18H2,1-2H3,(H,34,39,40);1-2H,(H,5,6)(H,7,8). The van der Waals surface area contributed by atoms with Crippen LogP contribution in [-0.4, -0.2) is 80.7 Å². The summed E-state index contributed by atoms with van der Waals surface area (Å²) >= 11 is 0. The van der Waals surface area contributed by atoms with Gasteiger partial charge in [0.05, 0.1) is 16.6 Å². The van der Waals surface area contributed by atoms with Gasteiger partial charge < -0.3 is 15.5 Å². The van der Waals surface area contributed by atoms with E-state index in [2.05, 4.69) is 22.5 Å². The topological polar surface area (TPSA) is 171 Å². The fourth-order valence-electron chi connectivity index (χ4n) is 6.14. The van der Waals surface area contributed by atoms with E-state index in [0.29, 0.717) is 57.4 Å². The maximum atomic E-state index is 14.4. The van der Waals surface area contributed by atoms with Crippen LogP contribution in [0.3, 0.4) is 0 Å². The zero-order chi connectivity index (χ0) is 34.8. The van der Waals surface area contributed by atoms with Crippen LogP contribution in [0.15, 0.2) is 42.5 Å². The summed E-state index contributed by atoms with van der Waals surface area (Å²) in [7, 11) is 0. The maximum absolute atomic E-state index is 14.4. The maximum Gasteiger partial charge on any atom is 0.328 e. The molecule has 2 aliphatic rings. The summed E-state index contributed by atoms with van der Waals surface area (Å²) in [6.45, 7) is 7.45. The number of nitrogens with zero attached hydrogens (tertiary/aromatic N) is 3. The number of hydrogen-bond donors (Lipinski definition) is 4. The predicted molar refractivity (Wildman–Crippen MR) is 177 cm³/mol. The van der Waals surface area contributed by atoms with Crippen LogP contribution in [0.5, 0.6) is 0 Å². The minimum atomic E-state index is -1.26. The highest BCUT2D eigenvalue weighted by atomic mass is 19.1. The van der Waals surface area contributed by atoms with Gasteiger partial charge in [0.2, 0.25) is 5.91 Å². The highest BCUT2D eigenvalue weighted by molar-refractivity contribution is 6.23. The van der Waals surface area contributed by atoms with E-state index in [0.717, 1.165) is 45.4 Å². The van der Waals surface area contributed by atoms with Gasteiger partial charge in [-0.25, -0.2) is 14.0 Å². The number of fused-ring (bicyclic) bond motifs is 2. The van der Waals surface area contributed by atoms with Crippen molar-refractivity contribution in [3.63, 3.8) is 0 Å². The van der Waals surface area contributed by atoms with Crippen LogP contribution >= 0.6 is 0 Å². The molecule has 2 aromatic carbocycles. The van der Waals surface area contributed by atoms with Gasteiger partial charge in [0.1, 0.15) is 11.5 Å². The number of rotatable bonds is 13. The SMILES string of the molecule is CCCCCCCCCC(=O)n1nc(-c2ccc3c(c2C(C)N2CCNCC2)C(=O)NC3=O)c2ccc(F)cc21.O=C(O)C=CC(=O)O. The van der Waals surface area contributed by atoms with Crippen molar-refractivity contribution in [3.8, 4) is 11.3 Å². The molecule has 2 amide bonds. The van der Waals surface area contributed by atoms with Gasteiger partial charge in [0.15, 0.2) is 0 Å². The number of benzene rings is 2. The minimum absolute atomic E-state index is 0.179. The van der Waals surface area contributed by atoms with Gasteiger partial charge in [-0.15, -0.1) is 0 Å². The Bertz CT molecular complexity index is 1690. The first-order valence-electron chi connectivity index (χ1n) is 16.4. The van der Waals surface area contributed by atoms with Crippen molar-refractivity contribution in [2.24, 2.45) is 0 Å². The van der Waals surface area contributed by atoms with Gasteiger partial charge in [-0.1, -0.05) is 51.5 Å². The fourth-order valence-corrected chi connectivity index (χ4v) is 6.14. The number of aliphatic carboxylic acids is 2. The molecule has 0 bridgehead atoms. The number of amides is 2. The molecule has 48 heavy (non-hydrogen) atoms. The lowest BCUT2D eigenvalue weighted by atomic mass is 9.89. The molecule has 4 N–H and O–H groups in total. The van der Waals surface area contributed by atoms with Crippen molar-refractivity contribution in [2.75, 3.05) is 26.2 Å². The number of imide groups is 1. The Morgan fingerprint density at radius 2 is 1.54 bits per heavy atom. The number of unbranched alkanes of at least 4 members (excludes halogenated alkanes) is 6. The molecule has 1 atom stereocenters. The molecule has 1 aromatic heterocycles. The van der Waals surface area contributed by atoms with E-state index in [9.17, 15) is 28.4 Å². The summed E-state index contributed by atoms with van der Waals surface area (Å²) < 4.78 is 15.7. The predicted octanol–water partition coefficient (Wildman–Crippen LogP) is 5.18. The van der Waals surface area contributed by atoms with Crippen LogP contribution in [0.25, 0.3) is 22.2 Å². The summed E-state index contributed by atoms with van der Waals surface area (Å²) in [6, 6.07) is 7.61. The smallest absolute Gasteiger partial charge is 0.328 e. The van der Waals surface area contributed by atoms with Gasteiger partial charge in [0, 0.05) is 67.8 Å². The number of carboxylic acid groups (broad SMARTS) is 2. The molecule has 3 aromatic rings. The molecule has 1 unspecified atom stereocenters. The number of aromatic nitrogens is 2. The Morgan fingerprint density at radius 3 is 2.19 bits per heavy atom. The van der Waals surface area contributed by atoms with Crippen molar-refractivity contribution < 1.29 is 38.6 Å². The van der Waals surface area contributed by atoms with E-state index in [-0.39, 0.29) is 11.9 Å². The van der Waals surface area contributed by atoms with Crippen LogP contribution in [-0.2, 0) is 9.59 Å². The van der Waals surface area contributed by atoms with Crippen molar-refractivity contribution in [2.45, 2.75) is 71.3 Å². The van der Waals surface area contributed by atoms with Gasteiger partial charge in [-0.2, -0.15) is 9.78 Å². The summed E-state index contributed by atoms with van der Waals surface area (Å²) in [5, 5.41) is 26.8. The number of carbonyl (C=O) groups excluding carboxylic acids is 3. The quantitative estimate of drug-likeness (QED) is 0.108. The lowest BCUT2D eigenvalue weighted by molar-refractivity contribution is -0.134. The number of hydrogen-bond acceptors (Lipinski definition) is 8. The molecule has 1 saturated heterocycles. The number of piperazine rings is 1. The van der Waals surface area contributed by atoms with Crippen molar-refractivity contribution in [1.82, 2.24) is 25.3 Å². The molecule has 3 heterocycles. The molecule has 13 heteroatoms. The van der Waals surface area contributed by atoms with Crippen LogP contribution in [0, 0.1) is 5.82 Å². The van der Waals surface area contributed by atoms with Crippen molar-refractivity contribution in [3.05, 3.63) is 65.0 Å². The first-order chi connectivity index (χ1) is 23.0. The minimum Gasteiger partial charge on any atom is -0.478 e. The van der Waals surface area contributed by atoms with E-state index in [1.165, 1.54) is 42.5 Å². The lowest BCUT2D eigenvalue weighted by Gasteiger charge is -2.34. The third-order valence-electron chi connectivity index (χ3n) is 8.56. The molecule has 0 saturated carbocycles. The van der Waals surface area contributed by atoms with E-state index >= 15 is 0 Å². The molecule has 12 nitrogen and oxygen atoms in total. The number of halogens is 1. The fraction of sp³-hybridized carbons (Fsp3) is 0.429. The third-order valence-corrected chi connectivity index (χ3v) is 8.56. The van der Waals surface area contributed by atoms with E-state index in [4.69, 9.17) is 15.3 Å². The molecule has 0 aliphatic carbocycles. The Balaban J connectivity index is 0.000000579. The Morgan fingerprint density at radius 1 is 0.917 bits per heavy atom. The zero-order valence-electron chi connectivity index (χ0n) is 27.3. The lowest BCUT2D eigenvalue weighted by Crippen LogP contribution is -2.44. The Hall–Kier alpha value is -4.75. The molecule has 0 spiro atoms. The van der Waals surface area contributed by atoms with Gasteiger partial charge in [-0.05, 0) is 37.1 Å². The van der Waals surface area contributed by atoms with E-state index in [1.54, 1.807) is 18.2 Å². The van der Waals surface area contributed by atoms with Crippen LogP contribution in [0.2, 0.25) is 0 Å². The third kappa shape index (κ3) is 8.78. The first-order valence-corrected chi connectivity index (χ1v) is 16.4. The van der Waals surface area contributed by atoms with Crippen molar-refractivity contribution in [1.29, 1.82) is 0 Å². The molecule has 0 radical (unpaired) electrons. The average Bonchev–Trinajstić information content (AvgIpc) is 3.59. The monoisotopic (exact) mass is 663 g/mol. The number of carbonyl (C=O) groups is 5. The summed E-state index contributed by atoms with van der Waals surface area (Å²) in [4.78, 5) is 60.3. The molecular weight excluding hydrogens is 621 g/mol. The highest BCUT2D eigenvalue weighted by Gasteiger charge is 2.35. The molecule has 5 rings (SSSR count). The van der Waals surface area contributed by atoms with Gasteiger partial charge in [-0.3, -0.25) is 24.6 Å². The summed E-state index contributed by atoms with van der Waals surface area (Å²) in [5.74, 6) is -3.98. The molecule has 1 fully saturated rings. The first kappa shape index (κ1) is 36.1. The van der Waals surface area contributed by atoms with E-state index in [1.807, 2.05) is 6.92 Å². The van der Waals surface area contributed by atoms with Gasteiger partial charge >= 0.3 is 11.9 Å². The second-order valence-electron chi connectivity index (χ2n) is 11.9. The van der Waals surface area contributed by atoms with Crippen molar-refractivity contribution >= 4 is 40.6 Å². The second kappa shape index (κ2) is 16.9. The van der Waals surface area contributed by atoms with Crippen LogP contribution in [0.4, 0.5) is 4.39 Å². The largest absolute Gasteiger partial charge is 0.478 e. The number of nitrogens with one attached hydrogen (secondary N) is 2.